The highest BCUT2D eigenvalue weighted by Gasteiger charge is 2.46. The molecule has 3 heteroatoms. The highest BCUT2D eigenvalue weighted by atomic mass is 16.5. The highest BCUT2D eigenvalue weighted by molar-refractivity contribution is 5.95. The zero-order valence-corrected chi connectivity index (χ0v) is 11.6. The fourth-order valence-corrected chi connectivity index (χ4v) is 3.38. The quantitative estimate of drug-likeness (QED) is 0.679. The third-order valence-electron chi connectivity index (χ3n) is 4.92. The maximum atomic E-state index is 12.0. The van der Waals surface area contributed by atoms with Crippen molar-refractivity contribution in [2.45, 2.75) is 40.0 Å². The van der Waals surface area contributed by atoms with Crippen molar-refractivity contribution in [3.8, 4) is 0 Å². The van der Waals surface area contributed by atoms with Gasteiger partial charge in [0.05, 0.1) is 0 Å². The summed E-state index contributed by atoms with van der Waals surface area (Å²) in [5.74, 6) is 0.760. The Morgan fingerprint density at radius 3 is 2.84 bits per heavy atom. The van der Waals surface area contributed by atoms with Crippen LogP contribution in [0.25, 0.3) is 0 Å². The Kier molecular flexibility index (Phi) is 2.56. The van der Waals surface area contributed by atoms with E-state index in [4.69, 9.17) is 4.74 Å². The summed E-state index contributed by atoms with van der Waals surface area (Å²) in [4.78, 5) is 23.8. The van der Waals surface area contributed by atoms with Crippen molar-refractivity contribution in [3.63, 3.8) is 0 Å². The molecule has 100 valence electrons. The van der Waals surface area contributed by atoms with E-state index in [1.807, 2.05) is 26.0 Å². The van der Waals surface area contributed by atoms with Gasteiger partial charge < -0.3 is 4.74 Å². The van der Waals surface area contributed by atoms with E-state index >= 15 is 0 Å². The van der Waals surface area contributed by atoms with Crippen molar-refractivity contribution in [1.82, 2.24) is 0 Å². The van der Waals surface area contributed by atoms with Crippen LogP contribution in [-0.2, 0) is 14.3 Å². The fraction of sp³-hybridized carbons (Fsp3) is 0.500. The Balaban J connectivity index is 2.15. The lowest BCUT2D eigenvalue weighted by molar-refractivity contribution is -0.133. The number of hydrogen-bond donors (Lipinski definition) is 0. The maximum Gasteiger partial charge on any atom is 0.339 e. The lowest BCUT2D eigenvalue weighted by Gasteiger charge is -2.42. The molecular weight excluding hydrogens is 240 g/mol. The van der Waals surface area contributed by atoms with Gasteiger partial charge in [-0.2, -0.15) is 0 Å². The molecule has 19 heavy (non-hydrogen) atoms. The van der Waals surface area contributed by atoms with Crippen molar-refractivity contribution in [3.05, 3.63) is 34.6 Å². The largest absolute Gasteiger partial charge is 0.423 e. The van der Waals surface area contributed by atoms with Crippen LogP contribution in [0.4, 0.5) is 0 Å². The number of fused-ring (bicyclic) bond motifs is 2. The Labute approximate surface area is 113 Å². The van der Waals surface area contributed by atoms with Gasteiger partial charge in [-0.1, -0.05) is 26.8 Å². The normalized spacial score (nSPS) is 33.5. The number of ether oxygens (including phenoxy) is 1. The minimum atomic E-state index is -0.217. The number of ketones is 1. The molecule has 0 bridgehead atoms. The van der Waals surface area contributed by atoms with Crippen molar-refractivity contribution < 1.29 is 14.3 Å². The van der Waals surface area contributed by atoms with Gasteiger partial charge in [0.1, 0.15) is 11.5 Å². The van der Waals surface area contributed by atoms with Crippen LogP contribution < -0.4 is 0 Å². The number of carbonyl (C=O) groups excluding carboxylic acids is 2. The van der Waals surface area contributed by atoms with E-state index in [0.717, 1.165) is 23.1 Å². The van der Waals surface area contributed by atoms with Gasteiger partial charge in [-0.3, -0.25) is 4.79 Å². The lowest BCUT2D eigenvalue weighted by Crippen LogP contribution is -2.38. The van der Waals surface area contributed by atoms with Crippen LogP contribution >= 0.6 is 0 Å². The summed E-state index contributed by atoms with van der Waals surface area (Å²) in [6, 6.07) is 0. The average molecular weight is 258 g/mol. The molecule has 0 aromatic carbocycles. The summed E-state index contributed by atoms with van der Waals surface area (Å²) >= 11 is 0. The van der Waals surface area contributed by atoms with E-state index in [1.165, 1.54) is 0 Å². The van der Waals surface area contributed by atoms with E-state index in [1.54, 1.807) is 0 Å². The van der Waals surface area contributed by atoms with Crippen LogP contribution in [0, 0.1) is 11.3 Å². The van der Waals surface area contributed by atoms with Crippen molar-refractivity contribution in [2.75, 3.05) is 0 Å². The molecule has 2 atom stereocenters. The SMILES string of the molecule is CCC1=C2CC3(C)C(=CCC(=O)C3C)C=C2OC1=O. The standard InChI is InChI=1S/C16H18O3/c1-4-11-12-8-16(3)9(2)13(17)6-5-10(16)7-14(12)19-15(11)18/h5,7,9H,4,6,8H2,1-3H3. The molecule has 3 nitrogen and oxygen atoms in total. The minimum absolute atomic E-state index is 0.00777. The van der Waals surface area contributed by atoms with Gasteiger partial charge in [-0.15, -0.1) is 0 Å². The predicted molar refractivity (Wildman–Crippen MR) is 71.1 cm³/mol. The number of hydrogen-bond acceptors (Lipinski definition) is 3. The van der Waals surface area contributed by atoms with E-state index < -0.39 is 0 Å². The van der Waals surface area contributed by atoms with Crippen molar-refractivity contribution in [1.29, 1.82) is 0 Å². The molecule has 0 radical (unpaired) electrons. The van der Waals surface area contributed by atoms with Gasteiger partial charge in [-0.05, 0) is 24.5 Å². The van der Waals surface area contributed by atoms with Gasteiger partial charge in [0.2, 0.25) is 0 Å². The molecule has 0 fully saturated rings. The molecule has 3 aliphatic rings. The smallest absolute Gasteiger partial charge is 0.339 e. The van der Waals surface area contributed by atoms with Crippen molar-refractivity contribution >= 4 is 11.8 Å². The Morgan fingerprint density at radius 2 is 2.16 bits per heavy atom. The maximum absolute atomic E-state index is 12.0. The Bertz CT molecular complexity index is 577. The molecule has 0 saturated heterocycles. The molecule has 1 aliphatic heterocycles. The molecule has 0 aromatic rings. The number of rotatable bonds is 1. The zero-order valence-electron chi connectivity index (χ0n) is 11.6. The summed E-state index contributed by atoms with van der Waals surface area (Å²) in [5, 5.41) is 0. The lowest BCUT2D eigenvalue weighted by atomic mass is 9.61. The number of esters is 1. The van der Waals surface area contributed by atoms with Crippen LogP contribution in [-0.4, -0.2) is 11.8 Å². The molecular formula is C16H18O3. The topological polar surface area (TPSA) is 43.4 Å². The van der Waals surface area contributed by atoms with Crippen molar-refractivity contribution in [2.24, 2.45) is 11.3 Å². The van der Waals surface area contributed by atoms with Crippen LogP contribution in [0.2, 0.25) is 0 Å². The van der Waals surface area contributed by atoms with Gasteiger partial charge in [0, 0.05) is 28.9 Å². The summed E-state index contributed by atoms with van der Waals surface area (Å²) in [7, 11) is 0. The minimum Gasteiger partial charge on any atom is -0.423 e. The van der Waals surface area contributed by atoms with Crippen LogP contribution in [0.1, 0.15) is 40.0 Å². The Hall–Kier alpha value is -1.64. The molecule has 0 N–H and O–H groups in total. The monoisotopic (exact) mass is 258 g/mol. The predicted octanol–water partition coefficient (Wildman–Crippen LogP) is 3.08. The second-order valence-corrected chi connectivity index (χ2v) is 5.85. The molecule has 3 rings (SSSR count). The molecule has 0 amide bonds. The summed E-state index contributed by atoms with van der Waals surface area (Å²) in [6.45, 7) is 6.09. The molecule has 2 unspecified atom stereocenters. The Morgan fingerprint density at radius 1 is 1.42 bits per heavy atom. The first kappa shape index (κ1) is 12.4. The number of carbonyl (C=O) groups is 2. The highest BCUT2D eigenvalue weighted by Crippen LogP contribution is 2.52. The van der Waals surface area contributed by atoms with Crippen LogP contribution in [0.3, 0.4) is 0 Å². The number of Topliss-reactive ketones (excluding diaryl/α,β-unsaturated/α-hetero) is 1. The second-order valence-electron chi connectivity index (χ2n) is 5.85. The second kappa shape index (κ2) is 3.92. The zero-order chi connectivity index (χ0) is 13.8. The third-order valence-corrected chi connectivity index (χ3v) is 4.92. The van der Waals surface area contributed by atoms with Gasteiger partial charge in [-0.25, -0.2) is 4.79 Å². The molecule has 2 aliphatic carbocycles. The first-order chi connectivity index (χ1) is 8.97. The summed E-state index contributed by atoms with van der Waals surface area (Å²) in [5.41, 5.74) is 2.73. The van der Waals surface area contributed by atoms with Crippen LogP contribution in [0.15, 0.2) is 34.6 Å². The van der Waals surface area contributed by atoms with E-state index in [0.29, 0.717) is 18.6 Å². The number of allylic oxidation sites excluding steroid dienone is 4. The summed E-state index contributed by atoms with van der Waals surface area (Å²) in [6.07, 6.45) is 5.85. The fourth-order valence-electron chi connectivity index (χ4n) is 3.38. The molecule has 0 spiro atoms. The van der Waals surface area contributed by atoms with E-state index in [2.05, 4.69) is 6.92 Å². The van der Waals surface area contributed by atoms with Gasteiger partial charge >= 0.3 is 5.97 Å². The first-order valence-corrected chi connectivity index (χ1v) is 6.87. The average Bonchev–Trinajstić information content (AvgIpc) is 2.67. The van der Waals surface area contributed by atoms with Crippen LogP contribution in [0.5, 0.6) is 0 Å². The van der Waals surface area contributed by atoms with Gasteiger partial charge in [0.25, 0.3) is 0 Å². The van der Waals surface area contributed by atoms with E-state index in [9.17, 15) is 9.59 Å². The third kappa shape index (κ3) is 1.57. The molecule has 1 heterocycles. The van der Waals surface area contributed by atoms with E-state index in [-0.39, 0.29) is 23.1 Å². The first-order valence-electron chi connectivity index (χ1n) is 6.87. The molecule has 0 aromatic heterocycles. The summed E-state index contributed by atoms with van der Waals surface area (Å²) < 4.78 is 5.35. The molecule has 0 saturated carbocycles. The van der Waals surface area contributed by atoms with Gasteiger partial charge in [0.15, 0.2) is 0 Å².